The molecule has 0 spiro atoms. The van der Waals surface area contributed by atoms with Gasteiger partial charge in [0.15, 0.2) is 0 Å². The first-order valence-corrected chi connectivity index (χ1v) is 10.1. The Hall–Kier alpha value is -1.95. The van der Waals surface area contributed by atoms with E-state index in [9.17, 15) is 20.1 Å². The minimum absolute atomic E-state index is 0.0253. The molecule has 0 saturated heterocycles. The lowest BCUT2D eigenvalue weighted by atomic mass is 9.88. The van der Waals surface area contributed by atoms with Gasteiger partial charge in [0.1, 0.15) is 0 Å². The van der Waals surface area contributed by atoms with Crippen LogP contribution in [0.5, 0.6) is 0 Å². The second-order valence-electron chi connectivity index (χ2n) is 7.71. The standard InChI is InChI=1S/C23H33NO4/c1-3-4-5-6-8-18-11-12-20-19(13-18)9-7-10-21(20)22(28)14-23(15-25,16-26)24-17(2)27/h7,9-13,22,25-26,28H,3-6,8,14-16H2,1-2H3,(H,24,27). The number of amides is 1. The Balaban J connectivity index is 2.22. The van der Waals surface area contributed by atoms with E-state index in [1.54, 1.807) is 0 Å². The van der Waals surface area contributed by atoms with Crippen LogP contribution in [-0.4, -0.2) is 40.0 Å². The normalized spacial score (nSPS) is 12.9. The number of unbranched alkanes of at least 4 members (excludes halogenated alkanes) is 3. The van der Waals surface area contributed by atoms with Crippen LogP contribution < -0.4 is 5.32 Å². The monoisotopic (exact) mass is 387 g/mol. The van der Waals surface area contributed by atoms with E-state index < -0.39 is 24.9 Å². The van der Waals surface area contributed by atoms with Gasteiger partial charge in [-0.15, -0.1) is 0 Å². The van der Waals surface area contributed by atoms with Crippen LogP contribution in [0.15, 0.2) is 36.4 Å². The van der Waals surface area contributed by atoms with Gasteiger partial charge < -0.3 is 20.6 Å². The van der Waals surface area contributed by atoms with Crippen molar-refractivity contribution in [1.29, 1.82) is 0 Å². The Labute approximate surface area is 167 Å². The van der Waals surface area contributed by atoms with E-state index in [1.807, 2.05) is 24.3 Å². The third-order valence-corrected chi connectivity index (χ3v) is 5.29. The molecule has 0 bridgehead atoms. The third kappa shape index (κ3) is 5.77. The predicted octanol–water partition coefficient (Wildman–Crippen LogP) is 3.25. The zero-order valence-electron chi connectivity index (χ0n) is 16.9. The van der Waals surface area contributed by atoms with E-state index in [4.69, 9.17) is 0 Å². The molecule has 28 heavy (non-hydrogen) atoms. The molecule has 0 fully saturated rings. The molecule has 0 heterocycles. The topological polar surface area (TPSA) is 89.8 Å². The number of carbonyl (C=O) groups is 1. The van der Waals surface area contributed by atoms with E-state index in [0.717, 1.165) is 22.8 Å². The molecule has 2 aromatic carbocycles. The fourth-order valence-corrected chi connectivity index (χ4v) is 3.72. The average molecular weight is 388 g/mol. The van der Waals surface area contributed by atoms with Gasteiger partial charge in [0.25, 0.3) is 0 Å². The fourth-order valence-electron chi connectivity index (χ4n) is 3.72. The number of hydrogen-bond acceptors (Lipinski definition) is 4. The van der Waals surface area contributed by atoms with Gasteiger partial charge in [-0.25, -0.2) is 0 Å². The number of rotatable bonds is 11. The van der Waals surface area contributed by atoms with Gasteiger partial charge in [0.2, 0.25) is 5.91 Å². The Kier molecular flexibility index (Phi) is 8.42. The Bertz CT molecular complexity index is 770. The first kappa shape index (κ1) is 22.3. The second-order valence-corrected chi connectivity index (χ2v) is 7.71. The summed E-state index contributed by atoms with van der Waals surface area (Å²) in [5.41, 5.74) is 0.757. The van der Waals surface area contributed by atoms with E-state index in [2.05, 4.69) is 24.4 Å². The minimum Gasteiger partial charge on any atom is -0.394 e. The fraction of sp³-hybridized carbons (Fsp3) is 0.522. The molecule has 2 aromatic rings. The summed E-state index contributed by atoms with van der Waals surface area (Å²) in [6, 6.07) is 12.1. The van der Waals surface area contributed by atoms with Crippen LogP contribution in [-0.2, 0) is 11.2 Å². The number of aliphatic hydroxyl groups excluding tert-OH is 3. The quantitative estimate of drug-likeness (QED) is 0.446. The number of aliphatic hydroxyl groups is 3. The number of benzene rings is 2. The molecule has 1 atom stereocenters. The van der Waals surface area contributed by atoms with Gasteiger partial charge in [-0.3, -0.25) is 4.79 Å². The molecule has 1 unspecified atom stereocenters. The maximum absolute atomic E-state index is 11.5. The largest absolute Gasteiger partial charge is 0.394 e. The number of nitrogens with one attached hydrogen (secondary N) is 1. The molecule has 0 radical (unpaired) electrons. The van der Waals surface area contributed by atoms with Gasteiger partial charge >= 0.3 is 0 Å². The van der Waals surface area contributed by atoms with Gasteiger partial charge in [0, 0.05) is 13.3 Å². The van der Waals surface area contributed by atoms with Gasteiger partial charge in [0.05, 0.1) is 24.9 Å². The van der Waals surface area contributed by atoms with Crippen molar-refractivity contribution >= 4 is 16.7 Å². The predicted molar refractivity (Wildman–Crippen MR) is 112 cm³/mol. The van der Waals surface area contributed by atoms with Crippen LogP contribution in [0.1, 0.15) is 63.2 Å². The molecule has 0 saturated carbocycles. The number of carbonyl (C=O) groups excluding carboxylic acids is 1. The molecule has 5 heteroatoms. The zero-order valence-corrected chi connectivity index (χ0v) is 16.9. The van der Waals surface area contributed by atoms with Crippen molar-refractivity contribution in [1.82, 2.24) is 5.32 Å². The summed E-state index contributed by atoms with van der Waals surface area (Å²) in [4.78, 5) is 11.5. The SMILES string of the molecule is CCCCCCc1ccc2c(C(O)CC(CO)(CO)NC(C)=O)cccc2c1. The lowest BCUT2D eigenvalue weighted by Crippen LogP contribution is -2.54. The second kappa shape index (κ2) is 10.6. The highest BCUT2D eigenvalue weighted by molar-refractivity contribution is 5.86. The van der Waals surface area contributed by atoms with Crippen molar-refractivity contribution in [3.8, 4) is 0 Å². The Morgan fingerprint density at radius 3 is 2.50 bits per heavy atom. The highest BCUT2D eigenvalue weighted by Crippen LogP contribution is 2.30. The first-order chi connectivity index (χ1) is 13.4. The van der Waals surface area contributed by atoms with E-state index in [0.29, 0.717) is 0 Å². The van der Waals surface area contributed by atoms with Crippen molar-refractivity contribution in [3.63, 3.8) is 0 Å². The van der Waals surface area contributed by atoms with Crippen molar-refractivity contribution in [3.05, 3.63) is 47.5 Å². The van der Waals surface area contributed by atoms with Crippen molar-refractivity contribution in [2.24, 2.45) is 0 Å². The van der Waals surface area contributed by atoms with Gasteiger partial charge in [-0.1, -0.05) is 62.6 Å². The minimum atomic E-state index is -1.26. The summed E-state index contributed by atoms with van der Waals surface area (Å²) >= 11 is 0. The molecular weight excluding hydrogens is 354 g/mol. The highest BCUT2D eigenvalue weighted by atomic mass is 16.3. The van der Waals surface area contributed by atoms with Crippen LogP contribution in [0, 0.1) is 0 Å². The van der Waals surface area contributed by atoms with E-state index >= 15 is 0 Å². The molecule has 0 aliphatic carbocycles. The van der Waals surface area contributed by atoms with E-state index in [1.165, 1.54) is 38.2 Å². The third-order valence-electron chi connectivity index (χ3n) is 5.29. The van der Waals surface area contributed by atoms with Crippen molar-refractivity contribution in [2.75, 3.05) is 13.2 Å². The summed E-state index contributed by atoms with van der Waals surface area (Å²) in [5, 5.41) is 34.8. The maximum Gasteiger partial charge on any atom is 0.217 e. The molecule has 154 valence electrons. The summed E-state index contributed by atoms with van der Waals surface area (Å²) in [6.07, 6.45) is 5.04. The average Bonchev–Trinajstić information content (AvgIpc) is 2.69. The maximum atomic E-state index is 11.5. The van der Waals surface area contributed by atoms with Crippen LogP contribution in [0.2, 0.25) is 0 Å². The smallest absolute Gasteiger partial charge is 0.217 e. The molecular formula is C23H33NO4. The summed E-state index contributed by atoms with van der Waals surface area (Å²) in [6.45, 7) is 2.63. The summed E-state index contributed by atoms with van der Waals surface area (Å²) < 4.78 is 0. The number of aryl methyl sites for hydroxylation is 1. The van der Waals surface area contributed by atoms with E-state index in [-0.39, 0.29) is 12.3 Å². The number of fused-ring (bicyclic) bond motifs is 1. The molecule has 2 rings (SSSR count). The van der Waals surface area contributed by atoms with Gasteiger partial charge in [-0.05, 0) is 34.7 Å². The highest BCUT2D eigenvalue weighted by Gasteiger charge is 2.33. The zero-order chi connectivity index (χ0) is 20.6. The first-order valence-electron chi connectivity index (χ1n) is 10.1. The summed E-state index contributed by atoms with van der Waals surface area (Å²) in [5.74, 6) is -0.360. The molecule has 0 aliphatic heterocycles. The lowest BCUT2D eigenvalue weighted by Gasteiger charge is -2.33. The van der Waals surface area contributed by atoms with Crippen molar-refractivity contribution < 1.29 is 20.1 Å². The molecule has 5 nitrogen and oxygen atoms in total. The summed E-state index contributed by atoms with van der Waals surface area (Å²) in [7, 11) is 0. The van der Waals surface area contributed by atoms with Crippen molar-refractivity contribution in [2.45, 2.75) is 64.0 Å². The Morgan fingerprint density at radius 2 is 1.86 bits per heavy atom. The van der Waals surface area contributed by atoms with Gasteiger partial charge in [-0.2, -0.15) is 0 Å². The molecule has 4 N–H and O–H groups in total. The number of hydrogen-bond donors (Lipinski definition) is 4. The van der Waals surface area contributed by atoms with Crippen LogP contribution in [0.25, 0.3) is 10.8 Å². The van der Waals surface area contributed by atoms with Crippen LogP contribution >= 0.6 is 0 Å². The lowest BCUT2D eigenvalue weighted by molar-refractivity contribution is -0.122. The molecule has 0 aliphatic rings. The van der Waals surface area contributed by atoms with Crippen LogP contribution in [0.4, 0.5) is 0 Å². The molecule has 0 aromatic heterocycles. The van der Waals surface area contributed by atoms with Crippen LogP contribution in [0.3, 0.4) is 0 Å². The Morgan fingerprint density at radius 1 is 1.11 bits per heavy atom. The molecule has 1 amide bonds.